The third-order valence-corrected chi connectivity index (χ3v) is 3.50. The summed E-state index contributed by atoms with van der Waals surface area (Å²) in [5.41, 5.74) is 4.47. The Morgan fingerprint density at radius 1 is 1.26 bits per heavy atom. The van der Waals surface area contributed by atoms with Crippen molar-refractivity contribution in [1.82, 2.24) is 15.0 Å². The Morgan fingerprint density at radius 2 is 2.00 bits per heavy atom. The number of fused-ring (bicyclic) bond motifs is 1. The van der Waals surface area contributed by atoms with E-state index in [0.717, 1.165) is 17.6 Å². The van der Waals surface area contributed by atoms with Gasteiger partial charge in [-0.3, -0.25) is 4.79 Å². The molecule has 0 saturated carbocycles. The highest BCUT2D eigenvalue weighted by atomic mass is 16.3. The van der Waals surface area contributed by atoms with Crippen LogP contribution < -0.4 is 5.43 Å². The predicted molar refractivity (Wildman–Crippen MR) is 88.6 cm³/mol. The lowest BCUT2D eigenvalue weighted by Gasteiger charge is -2.03. The van der Waals surface area contributed by atoms with Gasteiger partial charge in [-0.15, -0.1) is 0 Å². The number of nitrogens with one attached hydrogen (secondary N) is 1. The van der Waals surface area contributed by atoms with Gasteiger partial charge in [-0.05, 0) is 31.2 Å². The van der Waals surface area contributed by atoms with Crippen molar-refractivity contribution >= 4 is 23.2 Å². The van der Waals surface area contributed by atoms with E-state index in [1.165, 1.54) is 18.3 Å². The summed E-state index contributed by atoms with van der Waals surface area (Å²) >= 11 is 0. The van der Waals surface area contributed by atoms with Crippen LogP contribution in [0.5, 0.6) is 5.75 Å². The van der Waals surface area contributed by atoms with Gasteiger partial charge < -0.3 is 9.67 Å². The van der Waals surface area contributed by atoms with Crippen LogP contribution >= 0.6 is 0 Å². The minimum atomic E-state index is -0.474. The second-order valence-electron chi connectivity index (χ2n) is 4.92. The van der Waals surface area contributed by atoms with E-state index in [1.807, 2.05) is 35.8 Å². The van der Waals surface area contributed by atoms with Crippen molar-refractivity contribution in [3.05, 3.63) is 59.9 Å². The molecule has 3 aromatic rings. The number of carbonyl (C=O) groups is 1. The zero-order valence-electron chi connectivity index (χ0n) is 12.6. The van der Waals surface area contributed by atoms with Crippen LogP contribution in [0, 0.1) is 0 Å². The standard InChI is InChI=1S/C17H16N4O2/c1-2-21-14-9-5-4-8-13(14)19-16(21)11-18-20-17(23)12-7-3-6-10-15(12)22/h3-11,22H,2H2,1H3,(H,20,23)/b18-11-. The van der Waals surface area contributed by atoms with Crippen LogP contribution in [0.1, 0.15) is 23.1 Å². The second-order valence-corrected chi connectivity index (χ2v) is 4.92. The first-order chi connectivity index (χ1) is 11.2. The fourth-order valence-electron chi connectivity index (χ4n) is 2.40. The Bertz CT molecular complexity index is 883. The molecule has 3 rings (SSSR count). The van der Waals surface area contributed by atoms with E-state index >= 15 is 0 Å². The van der Waals surface area contributed by atoms with Crippen LogP contribution in [-0.4, -0.2) is 26.8 Å². The third-order valence-electron chi connectivity index (χ3n) is 3.50. The number of amides is 1. The molecule has 2 aromatic carbocycles. The fourth-order valence-corrected chi connectivity index (χ4v) is 2.40. The highest BCUT2D eigenvalue weighted by Crippen LogP contribution is 2.16. The fraction of sp³-hybridized carbons (Fsp3) is 0.118. The molecule has 1 aromatic heterocycles. The number of hydrogen-bond donors (Lipinski definition) is 2. The summed E-state index contributed by atoms with van der Waals surface area (Å²) in [7, 11) is 0. The summed E-state index contributed by atoms with van der Waals surface area (Å²) in [4.78, 5) is 16.5. The van der Waals surface area contributed by atoms with Gasteiger partial charge in [0.15, 0.2) is 5.82 Å². The molecule has 0 spiro atoms. The summed E-state index contributed by atoms with van der Waals surface area (Å²) in [6, 6.07) is 14.1. The molecule has 0 aliphatic heterocycles. The lowest BCUT2D eigenvalue weighted by atomic mass is 10.2. The molecule has 0 radical (unpaired) electrons. The number of carbonyl (C=O) groups excluding carboxylic acids is 1. The molecule has 0 aliphatic carbocycles. The molecular weight excluding hydrogens is 292 g/mol. The summed E-state index contributed by atoms with van der Waals surface area (Å²) in [5.74, 6) is 0.103. The molecule has 0 unspecified atom stereocenters. The highest BCUT2D eigenvalue weighted by Gasteiger charge is 2.10. The number of benzene rings is 2. The second kappa shape index (κ2) is 6.31. The Morgan fingerprint density at radius 3 is 2.78 bits per heavy atom. The normalized spacial score (nSPS) is 11.2. The van der Waals surface area contributed by atoms with E-state index in [2.05, 4.69) is 15.5 Å². The number of aromatic nitrogens is 2. The van der Waals surface area contributed by atoms with Crippen LogP contribution in [-0.2, 0) is 6.54 Å². The first-order valence-electron chi connectivity index (χ1n) is 7.27. The zero-order valence-corrected chi connectivity index (χ0v) is 12.6. The molecule has 6 heteroatoms. The van der Waals surface area contributed by atoms with Gasteiger partial charge in [-0.25, -0.2) is 10.4 Å². The summed E-state index contributed by atoms with van der Waals surface area (Å²) in [5, 5.41) is 13.6. The Labute approximate surface area is 133 Å². The third kappa shape index (κ3) is 2.91. The van der Waals surface area contributed by atoms with Crippen molar-refractivity contribution < 1.29 is 9.90 Å². The lowest BCUT2D eigenvalue weighted by molar-refractivity contribution is 0.0952. The van der Waals surface area contributed by atoms with Crippen molar-refractivity contribution in [2.75, 3.05) is 0 Å². The minimum absolute atomic E-state index is 0.0824. The number of nitrogens with zero attached hydrogens (tertiary/aromatic N) is 3. The van der Waals surface area contributed by atoms with Gasteiger partial charge in [-0.2, -0.15) is 5.10 Å². The van der Waals surface area contributed by atoms with Crippen molar-refractivity contribution in [3.8, 4) is 5.75 Å². The molecule has 1 amide bonds. The predicted octanol–water partition coefficient (Wildman–Crippen LogP) is 2.53. The average Bonchev–Trinajstić information content (AvgIpc) is 2.92. The van der Waals surface area contributed by atoms with Gasteiger partial charge in [0.25, 0.3) is 5.91 Å². The van der Waals surface area contributed by atoms with E-state index < -0.39 is 5.91 Å². The molecule has 116 valence electrons. The monoisotopic (exact) mass is 308 g/mol. The molecule has 6 nitrogen and oxygen atoms in total. The number of aryl methyl sites for hydroxylation is 1. The number of phenols is 1. The zero-order chi connectivity index (χ0) is 16.2. The number of hydrazone groups is 1. The molecule has 0 fully saturated rings. The van der Waals surface area contributed by atoms with E-state index in [9.17, 15) is 9.90 Å². The molecular formula is C17H16N4O2. The lowest BCUT2D eigenvalue weighted by Crippen LogP contribution is -2.18. The van der Waals surface area contributed by atoms with E-state index in [-0.39, 0.29) is 11.3 Å². The van der Waals surface area contributed by atoms with Gasteiger partial charge in [0.1, 0.15) is 5.75 Å². The summed E-state index contributed by atoms with van der Waals surface area (Å²) in [6.45, 7) is 2.77. The Hall–Kier alpha value is -3.15. The van der Waals surface area contributed by atoms with Crippen LogP contribution in [0.4, 0.5) is 0 Å². The number of phenolic OH excluding ortho intramolecular Hbond substituents is 1. The first kappa shape index (κ1) is 14.8. The maximum absolute atomic E-state index is 12.0. The van der Waals surface area contributed by atoms with E-state index in [1.54, 1.807) is 12.1 Å². The topological polar surface area (TPSA) is 79.5 Å². The van der Waals surface area contributed by atoms with Crippen molar-refractivity contribution in [1.29, 1.82) is 0 Å². The largest absolute Gasteiger partial charge is 0.507 e. The Balaban J connectivity index is 1.81. The molecule has 0 bridgehead atoms. The number of imidazole rings is 1. The van der Waals surface area contributed by atoms with Crippen LogP contribution in [0.3, 0.4) is 0 Å². The molecule has 0 atom stereocenters. The van der Waals surface area contributed by atoms with Crippen LogP contribution in [0.15, 0.2) is 53.6 Å². The SMILES string of the molecule is CCn1c(/C=N\NC(=O)c2ccccc2O)nc2ccccc21. The Kier molecular flexibility index (Phi) is 4.05. The van der Waals surface area contributed by atoms with Gasteiger partial charge in [-0.1, -0.05) is 24.3 Å². The van der Waals surface area contributed by atoms with Gasteiger partial charge in [0.2, 0.25) is 0 Å². The smallest absolute Gasteiger partial charge is 0.275 e. The highest BCUT2D eigenvalue weighted by molar-refractivity contribution is 5.97. The van der Waals surface area contributed by atoms with Crippen LogP contribution in [0.2, 0.25) is 0 Å². The van der Waals surface area contributed by atoms with E-state index in [0.29, 0.717) is 5.82 Å². The molecule has 1 heterocycles. The maximum atomic E-state index is 12.0. The minimum Gasteiger partial charge on any atom is -0.507 e. The van der Waals surface area contributed by atoms with Gasteiger partial charge >= 0.3 is 0 Å². The number of rotatable bonds is 4. The van der Waals surface area contributed by atoms with Crippen molar-refractivity contribution in [2.24, 2.45) is 5.10 Å². The quantitative estimate of drug-likeness (QED) is 0.574. The number of aromatic hydroxyl groups is 1. The number of para-hydroxylation sites is 3. The molecule has 2 N–H and O–H groups in total. The first-order valence-corrected chi connectivity index (χ1v) is 7.27. The number of hydrogen-bond acceptors (Lipinski definition) is 4. The molecule has 0 saturated heterocycles. The molecule has 0 aliphatic rings. The van der Waals surface area contributed by atoms with Gasteiger partial charge in [0, 0.05) is 6.54 Å². The molecule has 23 heavy (non-hydrogen) atoms. The van der Waals surface area contributed by atoms with Crippen molar-refractivity contribution in [2.45, 2.75) is 13.5 Å². The summed E-state index contributed by atoms with van der Waals surface area (Å²) in [6.07, 6.45) is 1.50. The maximum Gasteiger partial charge on any atom is 0.275 e. The van der Waals surface area contributed by atoms with Crippen LogP contribution in [0.25, 0.3) is 11.0 Å². The van der Waals surface area contributed by atoms with Gasteiger partial charge in [0.05, 0.1) is 22.8 Å². The average molecular weight is 308 g/mol. The van der Waals surface area contributed by atoms with E-state index in [4.69, 9.17) is 0 Å². The van der Waals surface area contributed by atoms with Crippen molar-refractivity contribution in [3.63, 3.8) is 0 Å². The summed E-state index contributed by atoms with van der Waals surface area (Å²) < 4.78 is 2.00.